The third kappa shape index (κ3) is 5.47. The van der Waals surface area contributed by atoms with Crippen molar-refractivity contribution in [2.24, 2.45) is 0 Å². The molecule has 1 aliphatic carbocycles. The van der Waals surface area contributed by atoms with Crippen molar-refractivity contribution in [3.63, 3.8) is 0 Å². The fraction of sp³-hybridized carbons (Fsp3) is 0.353. The minimum atomic E-state index is -0.741. The number of hydrogen-bond acceptors (Lipinski definition) is 9. The van der Waals surface area contributed by atoms with E-state index in [-0.39, 0.29) is 47.9 Å². The molecular formula is C34H36N2O9. The number of aromatic hydroxyl groups is 1. The number of furan rings is 2. The third-order valence-corrected chi connectivity index (χ3v) is 7.81. The minimum Gasteiger partial charge on any atom is -0.497 e. The molecule has 2 aliphatic rings. The highest BCUT2D eigenvalue weighted by molar-refractivity contribution is 6.17. The molecule has 1 aromatic carbocycles. The third-order valence-electron chi connectivity index (χ3n) is 7.81. The van der Waals surface area contributed by atoms with Gasteiger partial charge in [-0.3, -0.25) is 14.5 Å². The summed E-state index contributed by atoms with van der Waals surface area (Å²) in [5.41, 5.74) is 3.18. The molecule has 4 aromatic rings. The Bertz CT molecular complexity index is 1920. The molecule has 4 heterocycles. The number of carbonyl (C=O) groups is 2. The van der Waals surface area contributed by atoms with Crippen LogP contribution in [-0.4, -0.2) is 72.1 Å². The molecule has 3 aromatic heterocycles. The second-order valence-corrected chi connectivity index (χ2v) is 10.7. The van der Waals surface area contributed by atoms with Crippen molar-refractivity contribution in [1.82, 2.24) is 9.47 Å². The SMILES string of the molecule is CCOC(C)Cn1c(O)c2c(c1-c1cc3ccc(OC)cc3o1)C(=O)N(CC(OCC)OCC)C2=c1cc2c(o1)=CC(=O)C=C2. The largest absolute Gasteiger partial charge is 0.497 e. The lowest BCUT2D eigenvalue weighted by Gasteiger charge is -2.25. The Hall–Kier alpha value is -4.58. The van der Waals surface area contributed by atoms with Gasteiger partial charge in [0.05, 0.1) is 37.4 Å². The molecule has 0 saturated carbocycles. The van der Waals surface area contributed by atoms with Gasteiger partial charge in [0.15, 0.2) is 23.2 Å². The van der Waals surface area contributed by atoms with Crippen molar-refractivity contribution in [2.75, 3.05) is 33.5 Å². The molecule has 1 N–H and O–H groups in total. The van der Waals surface area contributed by atoms with Crippen LogP contribution in [0.25, 0.3) is 40.3 Å². The van der Waals surface area contributed by atoms with Crippen molar-refractivity contribution in [2.45, 2.75) is 46.6 Å². The van der Waals surface area contributed by atoms with Gasteiger partial charge in [-0.1, -0.05) is 0 Å². The Kier molecular flexibility index (Phi) is 8.41. The van der Waals surface area contributed by atoms with Crippen molar-refractivity contribution in [3.05, 3.63) is 63.9 Å². The van der Waals surface area contributed by atoms with Crippen LogP contribution in [0.15, 0.2) is 45.2 Å². The molecule has 0 radical (unpaired) electrons. The van der Waals surface area contributed by atoms with Gasteiger partial charge in [-0.15, -0.1) is 0 Å². The first-order chi connectivity index (χ1) is 21.8. The van der Waals surface area contributed by atoms with E-state index in [1.807, 2.05) is 45.9 Å². The summed E-state index contributed by atoms with van der Waals surface area (Å²) in [7, 11) is 1.58. The van der Waals surface area contributed by atoms with Gasteiger partial charge >= 0.3 is 0 Å². The van der Waals surface area contributed by atoms with Crippen LogP contribution < -0.4 is 15.6 Å². The molecule has 0 spiro atoms. The van der Waals surface area contributed by atoms with Crippen LogP contribution >= 0.6 is 0 Å². The maximum absolute atomic E-state index is 14.6. The summed E-state index contributed by atoms with van der Waals surface area (Å²) in [5.74, 6) is 0.271. The average Bonchev–Trinajstić information content (AvgIpc) is 3.75. The molecule has 1 aliphatic heterocycles. The quantitative estimate of drug-likeness (QED) is 0.235. The zero-order valence-corrected chi connectivity index (χ0v) is 25.9. The predicted molar refractivity (Wildman–Crippen MR) is 166 cm³/mol. The summed E-state index contributed by atoms with van der Waals surface area (Å²) in [5, 5.41) is 12.8. The second-order valence-electron chi connectivity index (χ2n) is 10.7. The minimum absolute atomic E-state index is 0.0277. The standard InChI is InChI=1S/C34H36N2O9/c1-6-41-19(4)17-35-31(26-14-21-10-12-23(40-5)16-25(21)45-26)29-30(33(35)38)32(27-13-20-9-11-22(37)15-24(20)44-27)36(34(29)39)18-28(42-7-2)43-8-3/h9-16,19,28,38H,6-8,17-18H2,1-5H3. The first kappa shape index (κ1) is 30.4. The number of carbonyl (C=O) groups excluding carboxylic acids is 2. The number of nitrogens with zero attached hydrogens (tertiary/aromatic N) is 2. The van der Waals surface area contributed by atoms with Gasteiger partial charge in [0.1, 0.15) is 28.1 Å². The van der Waals surface area contributed by atoms with Gasteiger partial charge in [0, 0.05) is 42.9 Å². The number of aromatic nitrogens is 1. The lowest BCUT2D eigenvalue weighted by Crippen LogP contribution is -2.37. The second kappa shape index (κ2) is 12.4. The number of allylic oxidation sites excluding steroid dienone is 1. The molecule has 1 atom stereocenters. The summed E-state index contributed by atoms with van der Waals surface area (Å²) in [6.45, 7) is 8.97. The van der Waals surface area contributed by atoms with Crippen molar-refractivity contribution in [3.8, 4) is 23.1 Å². The van der Waals surface area contributed by atoms with E-state index >= 15 is 0 Å². The number of methoxy groups -OCH3 is 1. The average molecular weight is 617 g/mol. The fourth-order valence-electron chi connectivity index (χ4n) is 5.93. The molecule has 11 nitrogen and oxygen atoms in total. The van der Waals surface area contributed by atoms with Crippen molar-refractivity contribution < 1.29 is 42.5 Å². The molecule has 236 valence electrons. The van der Waals surface area contributed by atoms with Crippen LogP contribution in [0, 0.1) is 0 Å². The zero-order chi connectivity index (χ0) is 31.8. The van der Waals surface area contributed by atoms with E-state index in [1.54, 1.807) is 29.9 Å². The number of hydrogen-bond donors (Lipinski definition) is 1. The van der Waals surface area contributed by atoms with Gasteiger partial charge < -0.3 is 37.5 Å². The lowest BCUT2D eigenvalue weighted by atomic mass is 10.1. The highest BCUT2D eigenvalue weighted by atomic mass is 16.7. The molecule has 1 unspecified atom stereocenters. The van der Waals surface area contributed by atoms with E-state index < -0.39 is 6.29 Å². The molecule has 0 fully saturated rings. The van der Waals surface area contributed by atoms with Crippen LogP contribution in [0.2, 0.25) is 0 Å². The van der Waals surface area contributed by atoms with E-state index in [1.165, 1.54) is 17.1 Å². The summed E-state index contributed by atoms with van der Waals surface area (Å²) in [6.07, 6.45) is 3.48. The Labute approximate surface area is 259 Å². The number of amides is 1. The van der Waals surface area contributed by atoms with Crippen LogP contribution in [0.1, 0.15) is 49.2 Å². The summed E-state index contributed by atoms with van der Waals surface area (Å²) in [4.78, 5) is 28.2. The molecule has 0 bridgehead atoms. The van der Waals surface area contributed by atoms with E-state index in [9.17, 15) is 14.7 Å². The highest BCUT2D eigenvalue weighted by Gasteiger charge is 2.44. The molecular weight excluding hydrogens is 580 g/mol. The number of benzene rings is 1. The van der Waals surface area contributed by atoms with Gasteiger partial charge in [0.2, 0.25) is 5.88 Å². The summed E-state index contributed by atoms with van der Waals surface area (Å²) < 4.78 is 37.0. The van der Waals surface area contributed by atoms with Gasteiger partial charge in [-0.25, -0.2) is 0 Å². The topological polar surface area (TPSA) is 126 Å². The maximum atomic E-state index is 14.6. The zero-order valence-electron chi connectivity index (χ0n) is 25.9. The van der Waals surface area contributed by atoms with E-state index in [4.69, 9.17) is 27.8 Å². The van der Waals surface area contributed by atoms with Gasteiger partial charge in [0.25, 0.3) is 5.91 Å². The molecule has 6 rings (SSSR count). The number of ketones is 1. The normalized spacial score (nSPS) is 16.1. The van der Waals surface area contributed by atoms with E-state index in [0.717, 1.165) is 5.39 Å². The maximum Gasteiger partial charge on any atom is 0.261 e. The Morgan fingerprint density at radius 3 is 2.38 bits per heavy atom. The first-order valence-corrected chi connectivity index (χ1v) is 15.1. The number of fused-ring (bicyclic) bond motifs is 3. The van der Waals surface area contributed by atoms with Gasteiger partial charge in [-0.2, -0.15) is 0 Å². The van der Waals surface area contributed by atoms with Crippen LogP contribution in [-0.2, 0) is 25.5 Å². The summed E-state index contributed by atoms with van der Waals surface area (Å²) in [6, 6.07) is 9.06. The Morgan fingerprint density at radius 2 is 1.67 bits per heavy atom. The van der Waals surface area contributed by atoms with Crippen molar-refractivity contribution >= 4 is 40.5 Å². The molecule has 1 amide bonds. The van der Waals surface area contributed by atoms with E-state index in [0.29, 0.717) is 64.7 Å². The first-order valence-electron chi connectivity index (χ1n) is 15.1. The number of ether oxygens (including phenoxy) is 4. The fourth-order valence-corrected chi connectivity index (χ4v) is 5.93. The Balaban J connectivity index is 1.63. The van der Waals surface area contributed by atoms with Crippen LogP contribution in [0.5, 0.6) is 11.6 Å². The molecule has 0 saturated heterocycles. The lowest BCUT2D eigenvalue weighted by molar-refractivity contribution is -0.139. The molecule has 11 heteroatoms. The van der Waals surface area contributed by atoms with Gasteiger partial charge in [-0.05, 0) is 64.1 Å². The predicted octanol–water partition coefficient (Wildman–Crippen LogP) is 4.02. The van der Waals surface area contributed by atoms with Crippen molar-refractivity contribution in [1.29, 1.82) is 0 Å². The smallest absolute Gasteiger partial charge is 0.261 e. The number of rotatable bonds is 12. The highest BCUT2D eigenvalue weighted by Crippen LogP contribution is 2.47. The van der Waals surface area contributed by atoms with Crippen LogP contribution in [0.4, 0.5) is 0 Å². The summed E-state index contributed by atoms with van der Waals surface area (Å²) >= 11 is 0. The van der Waals surface area contributed by atoms with E-state index in [2.05, 4.69) is 0 Å². The van der Waals surface area contributed by atoms with Crippen LogP contribution in [0.3, 0.4) is 0 Å². The molecule has 45 heavy (non-hydrogen) atoms. The monoisotopic (exact) mass is 616 g/mol. The Morgan fingerprint density at radius 1 is 0.911 bits per heavy atom.